The molecule has 0 aromatic heterocycles. The van der Waals surface area contributed by atoms with Gasteiger partial charge in [-0.25, -0.2) is 4.99 Å². The molecule has 1 aliphatic heterocycles. The van der Waals surface area contributed by atoms with Gasteiger partial charge in [0.2, 0.25) is 11.8 Å². The maximum Gasteiger partial charge on any atom is 0.238 e. The Balaban J connectivity index is 1.80. The lowest BCUT2D eigenvalue weighted by Gasteiger charge is -2.30. The summed E-state index contributed by atoms with van der Waals surface area (Å²) in [5.41, 5.74) is 1.42. The van der Waals surface area contributed by atoms with Crippen LogP contribution in [0.4, 0.5) is 11.4 Å². The van der Waals surface area contributed by atoms with Crippen molar-refractivity contribution in [2.75, 3.05) is 11.9 Å². The SMILES string of the molecule is CCN1C(=O)CC(C(=O)Nc2cccc(Br)c2)SC1=Nc1ccc(Br)cc1. The standard InChI is InChI=1S/C19H17Br2N3O2S/c1-2-24-17(25)11-16(18(26)22-15-5-3-4-13(21)10-15)27-19(24)23-14-8-6-12(20)7-9-14/h3-10,16H,2,11H2,1H3,(H,22,26). The highest BCUT2D eigenvalue weighted by atomic mass is 79.9. The van der Waals surface area contributed by atoms with Crippen molar-refractivity contribution in [2.24, 2.45) is 4.99 Å². The number of benzene rings is 2. The van der Waals surface area contributed by atoms with Crippen molar-refractivity contribution < 1.29 is 9.59 Å². The van der Waals surface area contributed by atoms with Crippen molar-refractivity contribution >= 4 is 72.0 Å². The highest BCUT2D eigenvalue weighted by Gasteiger charge is 2.35. The second kappa shape index (κ2) is 9.03. The molecule has 1 unspecified atom stereocenters. The summed E-state index contributed by atoms with van der Waals surface area (Å²) in [6.07, 6.45) is 0.150. The number of halogens is 2. The summed E-state index contributed by atoms with van der Waals surface area (Å²) in [6.45, 7) is 2.42. The van der Waals surface area contributed by atoms with Crippen molar-refractivity contribution in [2.45, 2.75) is 18.6 Å². The minimum atomic E-state index is -0.520. The van der Waals surface area contributed by atoms with E-state index in [1.165, 1.54) is 11.8 Å². The Morgan fingerprint density at radius 2 is 1.96 bits per heavy atom. The van der Waals surface area contributed by atoms with Crippen molar-refractivity contribution in [3.05, 3.63) is 57.5 Å². The van der Waals surface area contributed by atoms with Crippen LogP contribution in [0.15, 0.2) is 62.5 Å². The summed E-state index contributed by atoms with van der Waals surface area (Å²) in [6, 6.07) is 14.9. The Kier molecular flexibility index (Phi) is 6.73. The molecule has 0 saturated carbocycles. The average Bonchev–Trinajstić information content (AvgIpc) is 2.63. The number of aliphatic imine (C=N–C) groups is 1. The first-order chi connectivity index (χ1) is 13.0. The molecule has 0 spiro atoms. The molecule has 1 aliphatic rings. The molecular weight excluding hydrogens is 494 g/mol. The molecule has 0 radical (unpaired) electrons. The third kappa shape index (κ3) is 5.21. The maximum absolute atomic E-state index is 12.7. The third-order valence-electron chi connectivity index (χ3n) is 3.89. The van der Waals surface area contributed by atoms with Gasteiger partial charge in [0, 0.05) is 27.6 Å². The Labute approximate surface area is 178 Å². The predicted molar refractivity (Wildman–Crippen MR) is 117 cm³/mol. The van der Waals surface area contributed by atoms with Gasteiger partial charge in [0.25, 0.3) is 0 Å². The fraction of sp³-hybridized carbons (Fsp3) is 0.211. The molecule has 1 fully saturated rings. The molecule has 140 valence electrons. The van der Waals surface area contributed by atoms with Gasteiger partial charge in [-0.05, 0) is 49.4 Å². The molecule has 8 heteroatoms. The van der Waals surface area contributed by atoms with Crippen LogP contribution in [0, 0.1) is 0 Å². The number of hydrogen-bond acceptors (Lipinski definition) is 4. The van der Waals surface area contributed by atoms with Gasteiger partial charge in [0.1, 0.15) is 5.25 Å². The van der Waals surface area contributed by atoms with Crippen LogP contribution in [0.3, 0.4) is 0 Å². The zero-order chi connectivity index (χ0) is 19.4. The Hall–Kier alpha value is -1.64. The van der Waals surface area contributed by atoms with Gasteiger partial charge >= 0.3 is 0 Å². The molecule has 2 aromatic rings. The highest BCUT2D eigenvalue weighted by molar-refractivity contribution is 9.10. The number of amides is 2. The van der Waals surface area contributed by atoms with E-state index in [2.05, 4.69) is 42.2 Å². The largest absolute Gasteiger partial charge is 0.325 e. The Morgan fingerprint density at radius 3 is 2.63 bits per heavy atom. The Bertz CT molecular complexity index is 887. The summed E-state index contributed by atoms with van der Waals surface area (Å²) >= 11 is 8.10. The zero-order valence-electron chi connectivity index (χ0n) is 14.5. The van der Waals surface area contributed by atoms with Crippen LogP contribution < -0.4 is 5.32 Å². The van der Waals surface area contributed by atoms with Crippen LogP contribution in [0.5, 0.6) is 0 Å². The van der Waals surface area contributed by atoms with Gasteiger partial charge in [-0.1, -0.05) is 49.7 Å². The first kappa shape index (κ1) is 20.1. The monoisotopic (exact) mass is 509 g/mol. The normalized spacial score (nSPS) is 18.6. The molecule has 3 rings (SSSR count). The second-order valence-corrected chi connectivity index (χ2v) is 8.82. The lowest BCUT2D eigenvalue weighted by molar-refractivity contribution is -0.129. The van der Waals surface area contributed by atoms with E-state index >= 15 is 0 Å². The van der Waals surface area contributed by atoms with E-state index in [4.69, 9.17) is 0 Å². The van der Waals surface area contributed by atoms with Crippen molar-refractivity contribution in [1.82, 2.24) is 4.90 Å². The van der Waals surface area contributed by atoms with E-state index in [1.54, 1.807) is 4.90 Å². The topological polar surface area (TPSA) is 61.8 Å². The number of thioether (sulfide) groups is 1. The van der Waals surface area contributed by atoms with Gasteiger partial charge in [0.15, 0.2) is 5.17 Å². The summed E-state index contributed by atoms with van der Waals surface area (Å²) in [7, 11) is 0. The number of carbonyl (C=O) groups excluding carboxylic acids is 2. The van der Waals surface area contributed by atoms with Crippen LogP contribution in [-0.2, 0) is 9.59 Å². The molecule has 1 atom stereocenters. The number of nitrogens with one attached hydrogen (secondary N) is 1. The first-order valence-electron chi connectivity index (χ1n) is 8.34. The molecule has 1 N–H and O–H groups in total. The van der Waals surface area contributed by atoms with Crippen LogP contribution in [0.2, 0.25) is 0 Å². The van der Waals surface area contributed by atoms with E-state index in [9.17, 15) is 9.59 Å². The van der Waals surface area contributed by atoms with Crippen LogP contribution >= 0.6 is 43.6 Å². The molecule has 0 bridgehead atoms. The summed E-state index contributed by atoms with van der Waals surface area (Å²) in [5, 5.41) is 2.90. The molecule has 2 amide bonds. The third-order valence-corrected chi connectivity index (χ3v) is 6.10. The van der Waals surface area contributed by atoms with Crippen LogP contribution in [0.25, 0.3) is 0 Å². The van der Waals surface area contributed by atoms with Gasteiger partial charge < -0.3 is 5.32 Å². The second-order valence-electron chi connectivity index (χ2n) is 5.82. The van der Waals surface area contributed by atoms with Crippen LogP contribution in [-0.4, -0.2) is 33.7 Å². The van der Waals surface area contributed by atoms with E-state index in [0.717, 1.165) is 14.6 Å². The van der Waals surface area contributed by atoms with Gasteiger partial charge in [-0.15, -0.1) is 0 Å². The Morgan fingerprint density at radius 1 is 1.22 bits per heavy atom. The average molecular weight is 511 g/mol. The first-order valence-corrected chi connectivity index (χ1v) is 10.8. The number of nitrogens with zero attached hydrogens (tertiary/aromatic N) is 2. The molecule has 0 aliphatic carbocycles. The molecule has 1 heterocycles. The predicted octanol–water partition coefficient (Wildman–Crippen LogP) is 5.19. The fourth-order valence-corrected chi connectivity index (χ4v) is 4.39. The smallest absolute Gasteiger partial charge is 0.238 e. The number of carbonyl (C=O) groups is 2. The minimum Gasteiger partial charge on any atom is -0.325 e. The molecule has 2 aromatic carbocycles. The molecule has 27 heavy (non-hydrogen) atoms. The molecule has 1 saturated heterocycles. The lowest BCUT2D eigenvalue weighted by Crippen LogP contribution is -2.45. The number of amidine groups is 1. The van der Waals surface area contributed by atoms with E-state index in [1.807, 2.05) is 55.5 Å². The van der Waals surface area contributed by atoms with Gasteiger partial charge in [0.05, 0.1) is 5.69 Å². The summed E-state index contributed by atoms with van der Waals surface area (Å²) < 4.78 is 1.83. The quantitative estimate of drug-likeness (QED) is 0.615. The molecular formula is C19H17Br2N3O2S. The fourth-order valence-electron chi connectivity index (χ4n) is 2.57. The van der Waals surface area contributed by atoms with Crippen molar-refractivity contribution in [3.63, 3.8) is 0 Å². The van der Waals surface area contributed by atoms with Gasteiger partial charge in [-0.2, -0.15) is 0 Å². The minimum absolute atomic E-state index is 0.0958. The van der Waals surface area contributed by atoms with Gasteiger partial charge in [-0.3, -0.25) is 14.5 Å². The van der Waals surface area contributed by atoms with E-state index in [-0.39, 0.29) is 18.2 Å². The van der Waals surface area contributed by atoms with Crippen LogP contribution in [0.1, 0.15) is 13.3 Å². The summed E-state index contributed by atoms with van der Waals surface area (Å²) in [5.74, 6) is -0.299. The molecule has 5 nitrogen and oxygen atoms in total. The van der Waals surface area contributed by atoms with E-state index in [0.29, 0.717) is 17.4 Å². The maximum atomic E-state index is 12.7. The number of anilines is 1. The highest BCUT2D eigenvalue weighted by Crippen LogP contribution is 2.30. The number of hydrogen-bond donors (Lipinski definition) is 1. The zero-order valence-corrected chi connectivity index (χ0v) is 18.5. The lowest BCUT2D eigenvalue weighted by atomic mass is 10.2. The summed E-state index contributed by atoms with van der Waals surface area (Å²) in [4.78, 5) is 31.4. The van der Waals surface area contributed by atoms with Crippen molar-refractivity contribution in [1.29, 1.82) is 0 Å². The number of rotatable bonds is 4. The van der Waals surface area contributed by atoms with Crippen molar-refractivity contribution in [3.8, 4) is 0 Å². The van der Waals surface area contributed by atoms with E-state index < -0.39 is 5.25 Å².